The molecule has 1 aromatic rings. The smallest absolute Gasteiger partial charge is 0.223 e. The summed E-state index contributed by atoms with van der Waals surface area (Å²) in [6.45, 7) is 3.57. The summed E-state index contributed by atoms with van der Waals surface area (Å²) in [7, 11) is 3.16. The summed E-state index contributed by atoms with van der Waals surface area (Å²) in [5.41, 5.74) is 11.7. The second-order valence-electron chi connectivity index (χ2n) is 5.17. The number of nitrogens with two attached hydrogens (primary N) is 2. The molecule has 1 unspecified atom stereocenters. The maximum absolute atomic E-state index is 11.4. The lowest BCUT2D eigenvalue weighted by Crippen LogP contribution is -2.34. The van der Waals surface area contributed by atoms with Crippen LogP contribution in [-0.2, 0) is 4.79 Å². The van der Waals surface area contributed by atoms with Crippen molar-refractivity contribution in [3.05, 3.63) is 23.8 Å². The van der Waals surface area contributed by atoms with Crippen LogP contribution in [0.15, 0.2) is 18.2 Å². The topological polar surface area (TPSA) is 87.6 Å². The van der Waals surface area contributed by atoms with Crippen LogP contribution in [0.5, 0.6) is 11.5 Å². The average molecular weight is 266 g/mol. The third-order valence-corrected chi connectivity index (χ3v) is 3.24. The fourth-order valence-corrected chi connectivity index (χ4v) is 1.89. The molecule has 0 fully saturated rings. The van der Waals surface area contributed by atoms with Gasteiger partial charge in [0.2, 0.25) is 5.91 Å². The Hall–Kier alpha value is -1.75. The van der Waals surface area contributed by atoms with Crippen LogP contribution in [0, 0.1) is 5.41 Å². The molecule has 4 N–H and O–H groups in total. The molecule has 1 aromatic carbocycles. The number of carbonyl (C=O) groups is 1. The number of ether oxygens (including phenoxy) is 2. The molecule has 0 aromatic heterocycles. The lowest BCUT2D eigenvalue weighted by atomic mass is 9.83. The minimum atomic E-state index is -0.662. The molecule has 106 valence electrons. The van der Waals surface area contributed by atoms with Gasteiger partial charge in [0.1, 0.15) is 11.5 Å². The van der Waals surface area contributed by atoms with Crippen LogP contribution >= 0.6 is 0 Å². The number of primary amides is 1. The Morgan fingerprint density at radius 1 is 1.32 bits per heavy atom. The zero-order chi connectivity index (χ0) is 14.6. The molecule has 0 aliphatic heterocycles. The number of rotatable bonds is 6. The van der Waals surface area contributed by atoms with Crippen LogP contribution in [-0.4, -0.2) is 20.1 Å². The first-order chi connectivity index (χ1) is 8.81. The van der Waals surface area contributed by atoms with Crippen molar-refractivity contribution >= 4 is 5.91 Å². The van der Waals surface area contributed by atoms with E-state index < -0.39 is 5.41 Å². The van der Waals surface area contributed by atoms with Crippen molar-refractivity contribution in [2.75, 3.05) is 14.2 Å². The second-order valence-corrected chi connectivity index (χ2v) is 5.17. The van der Waals surface area contributed by atoms with Crippen LogP contribution in [0.4, 0.5) is 0 Å². The molecular formula is C14H22N2O3. The van der Waals surface area contributed by atoms with Gasteiger partial charge >= 0.3 is 0 Å². The molecule has 0 heterocycles. The van der Waals surface area contributed by atoms with Gasteiger partial charge in [-0.1, -0.05) is 19.9 Å². The van der Waals surface area contributed by atoms with Gasteiger partial charge in [0.15, 0.2) is 0 Å². The Labute approximate surface area is 113 Å². The molecule has 5 heteroatoms. The molecule has 5 nitrogen and oxygen atoms in total. The van der Waals surface area contributed by atoms with E-state index in [1.54, 1.807) is 34.1 Å². The summed E-state index contributed by atoms with van der Waals surface area (Å²) in [6.07, 6.45) is 0.449. The van der Waals surface area contributed by atoms with Crippen LogP contribution in [0.25, 0.3) is 0 Å². The van der Waals surface area contributed by atoms with Crippen molar-refractivity contribution in [2.24, 2.45) is 16.9 Å². The first-order valence-corrected chi connectivity index (χ1v) is 6.09. The fourth-order valence-electron chi connectivity index (χ4n) is 1.89. The van der Waals surface area contributed by atoms with Crippen molar-refractivity contribution in [2.45, 2.75) is 26.3 Å². The first kappa shape index (κ1) is 15.3. The van der Waals surface area contributed by atoms with Crippen LogP contribution in [0.1, 0.15) is 31.9 Å². The SMILES string of the molecule is COc1ccc(C(N)CC(C)(C)C(N)=O)c(OC)c1. The van der Waals surface area contributed by atoms with Gasteiger partial charge in [-0.05, 0) is 12.5 Å². The number of benzene rings is 1. The second kappa shape index (κ2) is 5.93. The molecule has 19 heavy (non-hydrogen) atoms. The zero-order valence-corrected chi connectivity index (χ0v) is 11.9. The van der Waals surface area contributed by atoms with Crippen molar-refractivity contribution < 1.29 is 14.3 Å². The minimum Gasteiger partial charge on any atom is -0.497 e. The molecule has 0 aliphatic rings. The number of hydrogen-bond donors (Lipinski definition) is 2. The molecule has 0 bridgehead atoms. The predicted molar refractivity (Wildman–Crippen MR) is 74.1 cm³/mol. The summed E-state index contributed by atoms with van der Waals surface area (Å²) < 4.78 is 10.4. The number of hydrogen-bond acceptors (Lipinski definition) is 4. The number of methoxy groups -OCH3 is 2. The van der Waals surface area contributed by atoms with E-state index in [1.807, 2.05) is 12.1 Å². The summed E-state index contributed by atoms with van der Waals surface area (Å²) in [5.74, 6) is 0.976. The Morgan fingerprint density at radius 3 is 2.42 bits per heavy atom. The zero-order valence-electron chi connectivity index (χ0n) is 11.9. The molecule has 0 aliphatic carbocycles. The van der Waals surface area contributed by atoms with Crippen molar-refractivity contribution in [3.63, 3.8) is 0 Å². The van der Waals surface area contributed by atoms with Gasteiger partial charge in [-0.3, -0.25) is 4.79 Å². The molecule has 0 saturated carbocycles. The molecular weight excluding hydrogens is 244 g/mol. The van der Waals surface area contributed by atoms with Gasteiger partial charge in [0.25, 0.3) is 0 Å². The summed E-state index contributed by atoms with van der Waals surface area (Å²) in [4.78, 5) is 11.4. The average Bonchev–Trinajstić information content (AvgIpc) is 2.37. The van der Waals surface area contributed by atoms with E-state index >= 15 is 0 Å². The third-order valence-electron chi connectivity index (χ3n) is 3.24. The van der Waals surface area contributed by atoms with Crippen molar-refractivity contribution in [1.82, 2.24) is 0 Å². The molecule has 0 saturated heterocycles. The Kier molecular flexibility index (Phi) is 4.78. The highest BCUT2D eigenvalue weighted by molar-refractivity contribution is 5.80. The number of carbonyl (C=O) groups excluding carboxylic acids is 1. The summed E-state index contributed by atoms with van der Waals surface area (Å²) >= 11 is 0. The van der Waals surface area contributed by atoms with Crippen LogP contribution in [0.2, 0.25) is 0 Å². The molecule has 1 atom stereocenters. The van der Waals surface area contributed by atoms with Crippen molar-refractivity contribution in [1.29, 1.82) is 0 Å². The van der Waals surface area contributed by atoms with E-state index in [0.717, 1.165) is 5.56 Å². The van der Waals surface area contributed by atoms with Gasteiger partial charge < -0.3 is 20.9 Å². The third kappa shape index (κ3) is 3.61. The van der Waals surface area contributed by atoms with E-state index in [-0.39, 0.29) is 11.9 Å². The number of amides is 1. The van der Waals surface area contributed by atoms with E-state index in [2.05, 4.69) is 0 Å². The standard InChI is InChI=1S/C14H22N2O3/c1-14(2,13(16)17)8-11(15)10-6-5-9(18-3)7-12(10)19-4/h5-7,11H,8,15H2,1-4H3,(H2,16,17). The first-order valence-electron chi connectivity index (χ1n) is 6.09. The van der Waals surface area contributed by atoms with Crippen molar-refractivity contribution in [3.8, 4) is 11.5 Å². The monoisotopic (exact) mass is 266 g/mol. The van der Waals surface area contributed by atoms with Gasteiger partial charge in [-0.15, -0.1) is 0 Å². The predicted octanol–water partition coefficient (Wildman–Crippen LogP) is 1.61. The Morgan fingerprint density at radius 2 is 1.95 bits per heavy atom. The van der Waals surface area contributed by atoms with E-state index in [4.69, 9.17) is 20.9 Å². The van der Waals surface area contributed by atoms with E-state index in [1.165, 1.54) is 0 Å². The molecule has 0 radical (unpaired) electrons. The highest BCUT2D eigenvalue weighted by Gasteiger charge is 2.29. The molecule has 1 amide bonds. The lowest BCUT2D eigenvalue weighted by Gasteiger charge is -2.25. The quantitative estimate of drug-likeness (QED) is 0.818. The van der Waals surface area contributed by atoms with Gasteiger partial charge in [0, 0.05) is 23.1 Å². The molecule has 0 spiro atoms. The van der Waals surface area contributed by atoms with Gasteiger partial charge in [-0.2, -0.15) is 0 Å². The largest absolute Gasteiger partial charge is 0.497 e. The van der Waals surface area contributed by atoms with Gasteiger partial charge in [0.05, 0.1) is 14.2 Å². The summed E-state index contributed by atoms with van der Waals surface area (Å²) in [5, 5.41) is 0. The fraction of sp³-hybridized carbons (Fsp3) is 0.500. The molecule has 1 rings (SSSR count). The summed E-state index contributed by atoms with van der Waals surface area (Å²) in [6, 6.07) is 5.10. The maximum atomic E-state index is 11.4. The van der Waals surface area contributed by atoms with Crippen LogP contribution in [0.3, 0.4) is 0 Å². The Bertz CT molecular complexity index is 458. The lowest BCUT2D eigenvalue weighted by molar-refractivity contribution is -0.126. The Balaban J connectivity index is 2.99. The minimum absolute atomic E-state index is 0.330. The highest BCUT2D eigenvalue weighted by Crippen LogP contribution is 2.34. The van der Waals surface area contributed by atoms with Gasteiger partial charge in [-0.25, -0.2) is 0 Å². The van der Waals surface area contributed by atoms with Crippen LogP contribution < -0.4 is 20.9 Å². The normalized spacial score (nSPS) is 12.9. The van der Waals surface area contributed by atoms with E-state index in [9.17, 15) is 4.79 Å². The maximum Gasteiger partial charge on any atom is 0.223 e. The highest BCUT2D eigenvalue weighted by atomic mass is 16.5. The van der Waals surface area contributed by atoms with E-state index in [0.29, 0.717) is 17.9 Å².